The fourth-order valence-electron chi connectivity index (χ4n) is 7.80. The fourth-order valence-corrected chi connectivity index (χ4v) is 7.80. The highest BCUT2D eigenvalue weighted by Crippen LogP contribution is 2.15. The van der Waals surface area contributed by atoms with E-state index in [0.717, 1.165) is 89.9 Å². The number of hydrogen-bond acceptors (Lipinski definition) is 6. The molecule has 0 aromatic rings. The number of carbonyl (C=O) groups is 3. The van der Waals surface area contributed by atoms with Crippen LogP contribution in [0.5, 0.6) is 0 Å². The predicted molar refractivity (Wildman–Crippen MR) is 284 cm³/mol. The molecule has 6 nitrogen and oxygen atoms in total. The zero-order valence-electron chi connectivity index (χ0n) is 43.4. The van der Waals surface area contributed by atoms with E-state index < -0.39 is 6.10 Å². The summed E-state index contributed by atoms with van der Waals surface area (Å²) in [7, 11) is 0. The van der Waals surface area contributed by atoms with E-state index in [-0.39, 0.29) is 31.1 Å². The highest BCUT2D eigenvalue weighted by atomic mass is 16.6. The Morgan fingerprint density at radius 2 is 0.606 bits per heavy atom. The van der Waals surface area contributed by atoms with Crippen LogP contribution in [0, 0.1) is 0 Å². The van der Waals surface area contributed by atoms with Crippen LogP contribution in [0.15, 0.2) is 72.9 Å². The lowest BCUT2D eigenvalue weighted by Gasteiger charge is -2.18. The first-order valence-electron chi connectivity index (χ1n) is 28.0. The highest BCUT2D eigenvalue weighted by molar-refractivity contribution is 5.71. The summed E-state index contributed by atoms with van der Waals surface area (Å²) in [6, 6.07) is 0. The van der Waals surface area contributed by atoms with Crippen molar-refractivity contribution in [3.8, 4) is 0 Å². The van der Waals surface area contributed by atoms with Crippen molar-refractivity contribution in [2.45, 2.75) is 277 Å². The molecule has 0 aliphatic carbocycles. The Morgan fingerprint density at radius 3 is 0.985 bits per heavy atom. The molecule has 1 unspecified atom stereocenters. The number of allylic oxidation sites excluding steroid dienone is 12. The molecule has 0 saturated carbocycles. The summed E-state index contributed by atoms with van der Waals surface area (Å²) in [5, 5.41) is 0. The van der Waals surface area contributed by atoms with Crippen molar-refractivity contribution in [1.82, 2.24) is 0 Å². The van der Waals surface area contributed by atoms with E-state index in [0.29, 0.717) is 19.3 Å². The van der Waals surface area contributed by atoms with Crippen LogP contribution in [-0.4, -0.2) is 37.2 Å². The number of ether oxygens (including phenoxy) is 3. The van der Waals surface area contributed by atoms with Gasteiger partial charge in [0.1, 0.15) is 13.2 Å². The molecule has 0 aliphatic heterocycles. The van der Waals surface area contributed by atoms with Gasteiger partial charge in [-0.1, -0.05) is 235 Å². The van der Waals surface area contributed by atoms with E-state index in [1.165, 1.54) is 141 Å². The van der Waals surface area contributed by atoms with Crippen LogP contribution in [0.1, 0.15) is 271 Å². The van der Waals surface area contributed by atoms with Crippen LogP contribution in [0.3, 0.4) is 0 Å². The second kappa shape index (κ2) is 54.5. The van der Waals surface area contributed by atoms with E-state index in [1.807, 2.05) is 18.2 Å². The number of unbranched alkanes of at least 4 members (excludes halogenated alkanes) is 30. The van der Waals surface area contributed by atoms with Gasteiger partial charge in [-0.05, 0) is 89.9 Å². The smallest absolute Gasteiger partial charge is 0.306 e. The fraction of sp³-hybridized carbons (Fsp3) is 0.750. The minimum Gasteiger partial charge on any atom is -0.462 e. The zero-order valence-corrected chi connectivity index (χ0v) is 43.4. The average molecular weight is 921 g/mol. The first kappa shape index (κ1) is 62.8. The maximum Gasteiger partial charge on any atom is 0.306 e. The van der Waals surface area contributed by atoms with E-state index in [9.17, 15) is 14.4 Å². The van der Waals surface area contributed by atoms with Gasteiger partial charge >= 0.3 is 17.9 Å². The number of carbonyl (C=O) groups excluding carboxylic acids is 3. The maximum atomic E-state index is 12.8. The van der Waals surface area contributed by atoms with E-state index in [1.54, 1.807) is 0 Å². The molecule has 0 aromatic heterocycles. The Hall–Kier alpha value is -3.15. The minimum absolute atomic E-state index is 0.0897. The van der Waals surface area contributed by atoms with Gasteiger partial charge in [0.15, 0.2) is 6.10 Å². The van der Waals surface area contributed by atoms with Crippen molar-refractivity contribution in [2.24, 2.45) is 0 Å². The third-order valence-electron chi connectivity index (χ3n) is 12.0. The molecule has 0 aliphatic rings. The van der Waals surface area contributed by atoms with Crippen LogP contribution in [0.4, 0.5) is 0 Å². The SMILES string of the molecule is CC\C=C/C=C\C=C/C=C\CCCCCCCC(=O)OC(COC(=O)CCCCCCC/C=C\CCCCCCCCCCC)COC(=O)CCCCCCCCC/C=C\CCCCCC. The molecule has 0 rings (SSSR count). The maximum absolute atomic E-state index is 12.8. The van der Waals surface area contributed by atoms with Crippen LogP contribution < -0.4 is 0 Å². The Bertz CT molecular complexity index is 1240. The lowest BCUT2D eigenvalue weighted by atomic mass is 10.1. The summed E-state index contributed by atoms with van der Waals surface area (Å²) in [5.74, 6) is -0.919. The Labute approximate surface area is 408 Å². The van der Waals surface area contributed by atoms with E-state index >= 15 is 0 Å². The van der Waals surface area contributed by atoms with Gasteiger partial charge in [-0.25, -0.2) is 0 Å². The first-order chi connectivity index (χ1) is 32.5. The van der Waals surface area contributed by atoms with Gasteiger partial charge in [0.05, 0.1) is 0 Å². The molecule has 1 atom stereocenters. The molecule has 0 N–H and O–H groups in total. The summed E-state index contributed by atoms with van der Waals surface area (Å²) in [4.78, 5) is 38.1. The van der Waals surface area contributed by atoms with Gasteiger partial charge in [-0.2, -0.15) is 0 Å². The highest BCUT2D eigenvalue weighted by Gasteiger charge is 2.19. The summed E-state index contributed by atoms with van der Waals surface area (Å²) in [6.45, 7) is 6.47. The van der Waals surface area contributed by atoms with Gasteiger partial charge in [-0.3, -0.25) is 14.4 Å². The van der Waals surface area contributed by atoms with Crippen molar-refractivity contribution >= 4 is 17.9 Å². The summed E-state index contributed by atoms with van der Waals surface area (Å²) in [6.07, 6.45) is 68.9. The Balaban J connectivity index is 4.42. The Morgan fingerprint density at radius 1 is 0.318 bits per heavy atom. The molecule has 0 radical (unpaired) electrons. The quantitative estimate of drug-likeness (QED) is 0.0199. The topological polar surface area (TPSA) is 78.9 Å². The summed E-state index contributed by atoms with van der Waals surface area (Å²) in [5.41, 5.74) is 0. The second-order valence-corrected chi connectivity index (χ2v) is 18.5. The van der Waals surface area contributed by atoms with Gasteiger partial charge in [0.25, 0.3) is 0 Å². The molecule has 0 fully saturated rings. The molecule has 0 bridgehead atoms. The molecule has 0 heterocycles. The number of rotatable bonds is 50. The van der Waals surface area contributed by atoms with Crippen molar-refractivity contribution in [3.05, 3.63) is 72.9 Å². The number of hydrogen-bond donors (Lipinski definition) is 0. The average Bonchev–Trinajstić information content (AvgIpc) is 3.31. The summed E-state index contributed by atoms with van der Waals surface area (Å²) >= 11 is 0. The van der Waals surface area contributed by atoms with Crippen molar-refractivity contribution in [1.29, 1.82) is 0 Å². The second-order valence-electron chi connectivity index (χ2n) is 18.5. The standard InChI is InChI=1S/C60H104O6/c1-4-7-10-13-16-19-22-25-28-29-30-33-35-38-41-44-47-50-53-59(62)65-56-57(66-60(63)54-51-48-45-42-39-36-32-27-24-21-18-15-12-9-6-3)55-64-58(61)52-49-46-43-40-37-34-31-26-23-20-17-14-11-8-5-2/h9,12,15,18,20-21,23-24,27,30,32-33,57H,4-8,10-11,13-14,16-17,19,22,25-26,28-29,31,34-56H2,1-3H3/b12-9-,18-15-,23-20-,24-21-,32-27-,33-30-. The minimum atomic E-state index is -0.793. The van der Waals surface area contributed by atoms with Gasteiger partial charge in [0, 0.05) is 19.3 Å². The zero-order chi connectivity index (χ0) is 47.9. The third kappa shape index (κ3) is 51.8. The lowest BCUT2D eigenvalue weighted by Crippen LogP contribution is -2.30. The predicted octanol–water partition coefficient (Wildman–Crippen LogP) is 18.6. The van der Waals surface area contributed by atoms with Crippen LogP contribution >= 0.6 is 0 Å². The first-order valence-corrected chi connectivity index (χ1v) is 28.0. The van der Waals surface area contributed by atoms with Crippen LogP contribution in [-0.2, 0) is 28.6 Å². The largest absolute Gasteiger partial charge is 0.462 e. The normalized spacial score (nSPS) is 12.6. The molecule has 0 spiro atoms. The van der Waals surface area contributed by atoms with Crippen molar-refractivity contribution in [3.63, 3.8) is 0 Å². The van der Waals surface area contributed by atoms with Gasteiger partial charge in [-0.15, -0.1) is 0 Å². The van der Waals surface area contributed by atoms with E-state index in [4.69, 9.17) is 14.2 Å². The molecule has 0 aromatic carbocycles. The summed E-state index contributed by atoms with van der Waals surface area (Å²) < 4.78 is 16.8. The lowest BCUT2D eigenvalue weighted by molar-refractivity contribution is -0.167. The van der Waals surface area contributed by atoms with Crippen molar-refractivity contribution < 1.29 is 28.6 Å². The van der Waals surface area contributed by atoms with Crippen LogP contribution in [0.25, 0.3) is 0 Å². The molecular formula is C60H104O6. The van der Waals surface area contributed by atoms with Gasteiger partial charge in [0.2, 0.25) is 0 Å². The molecule has 380 valence electrons. The monoisotopic (exact) mass is 921 g/mol. The molecule has 6 heteroatoms. The Kier molecular flexibility index (Phi) is 51.9. The van der Waals surface area contributed by atoms with E-state index in [2.05, 4.69) is 75.5 Å². The molecule has 66 heavy (non-hydrogen) atoms. The van der Waals surface area contributed by atoms with Crippen molar-refractivity contribution in [2.75, 3.05) is 13.2 Å². The molecule has 0 saturated heterocycles. The molecular weight excluding hydrogens is 817 g/mol. The third-order valence-corrected chi connectivity index (χ3v) is 12.0. The van der Waals surface area contributed by atoms with Crippen LogP contribution in [0.2, 0.25) is 0 Å². The number of esters is 3. The molecule has 0 amide bonds. The van der Waals surface area contributed by atoms with Gasteiger partial charge < -0.3 is 14.2 Å².